The minimum absolute atomic E-state index is 0.441. The molecule has 0 saturated heterocycles. The third kappa shape index (κ3) is 3.57. The van der Waals surface area contributed by atoms with E-state index >= 15 is 0 Å². The summed E-state index contributed by atoms with van der Waals surface area (Å²) in [5, 5.41) is 4.88. The highest BCUT2D eigenvalue weighted by atomic mass is 32.1. The number of aromatic nitrogens is 1. The van der Waals surface area contributed by atoms with Gasteiger partial charge < -0.3 is 5.32 Å². The third-order valence-corrected chi connectivity index (χ3v) is 5.94. The van der Waals surface area contributed by atoms with Gasteiger partial charge in [0, 0.05) is 16.8 Å². The molecule has 1 atom stereocenters. The van der Waals surface area contributed by atoms with E-state index in [1.165, 1.54) is 41.3 Å². The monoisotopic (exact) mass is 280 g/mol. The van der Waals surface area contributed by atoms with Gasteiger partial charge in [-0.3, -0.25) is 0 Å². The Labute approximate surface area is 122 Å². The molecule has 1 fully saturated rings. The van der Waals surface area contributed by atoms with Crippen LogP contribution in [0.25, 0.3) is 0 Å². The molecule has 1 aromatic heterocycles. The summed E-state index contributed by atoms with van der Waals surface area (Å²) in [6.07, 6.45) is 5.31. The van der Waals surface area contributed by atoms with Crippen molar-refractivity contribution in [1.29, 1.82) is 0 Å². The summed E-state index contributed by atoms with van der Waals surface area (Å²) in [6.45, 7) is 12.4. The molecule has 1 unspecified atom stereocenters. The van der Waals surface area contributed by atoms with E-state index in [9.17, 15) is 0 Å². The van der Waals surface area contributed by atoms with E-state index in [0.29, 0.717) is 17.4 Å². The lowest BCUT2D eigenvalue weighted by atomic mass is 9.73. The lowest BCUT2D eigenvalue weighted by Crippen LogP contribution is -2.20. The highest BCUT2D eigenvalue weighted by molar-refractivity contribution is 7.11. The molecule has 1 aromatic rings. The van der Waals surface area contributed by atoms with Crippen LogP contribution in [0.4, 0.5) is 0 Å². The van der Waals surface area contributed by atoms with E-state index in [-0.39, 0.29) is 0 Å². The van der Waals surface area contributed by atoms with Crippen molar-refractivity contribution in [2.75, 3.05) is 6.54 Å². The second-order valence-electron chi connectivity index (χ2n) is 6.72. The second-order valence-corrected chi connectivity index (χ2v) is 7.78. The molecule has 3 heteroatoms. The van der Waals surface area contributed by atoms with Crippen molar-refractivity contribution in [1.82, 2.24) is 10.3 Å². The zero-order valence-corrected chi connectivity index (χ0v) is 13.9. The Bertz CT molecular complexity index is 412. The Morgan fingerprint density at radius 3 is 2.58 bits per heavy atom. The fraction of sp³-hybridized carbons (Fsp3) is 0.812. The quantitative estimate of drug-likeness (QED) is 0.856. The minimum Gasteiger partial charge on any atom is -0.310 e. The van der Waals surface area contributed by atoms with Gasteiger partial charge in [-0.25, -0.2) is 4.98 Å². The Hall–Kier alpha value is -0.410. The first-order valence-corrected chi connectivity index (χ1v) is 8.45. The molecule has 1 heterocycles. The topological polar surface area (TPSA) is 24.9 Å². The number of hydrogen-bond donors (Lipinski definition) is 1. The molecule has 1 aliphatic rings. The van der Waals surface area contributed by atoms with E-state index in [1.54, 1.807) is 0 Å². The van der Waals surface area contributed by atoms with Gasteiger partial charge in [0.1, 0.15) is 0 Å². The molecule has 0 bridgehead atoms. The summed E-state index contributed by atoms with van der Waals surface area (Å²) in [4.78, 5) is 6.30. The van der Waals surface area contributed by atoms with Crippen LogP contribution in [-0.4, -0.2) is 11.5 Å². The van der Waals surface area contributed by atoms with Gasteiger partial charge in [0.25, 0.3) is 0 Å². The summed E-state index contributed by atoms with van der Waals surface area (Å²) in [5.74, 6) is 0.708. The summed E-state index contributed by atoms with van der Waals surface area (Å²) >= 11 is 1.94. The standard InChI is InChI=1S/C16H28N2S/c1-6-17-11(2)14-12(3)18-15(19-14)13-7-9-16(4,5)10-8-13/h11,13,17H,6-10H2,1-5H3. The Kier molecular flexibility index (Phi) is 4.67. The molecule has 0 amide bonds. The molecule has 1 N–H and O–H groups in total. The fourth-order valence-corrected chi connectivity index (χ4v) is 4.31. The van der Waals surface area contributed by atoms with Gasteiger partial charge in [-0.2, -0.15) is 0 Å². The Morgan fingerprint density at radius 2 is 2.00 bits per heavy atom. The summed E-state index contributed by atoms with van der Waals surface area (Å²) in [6, 6.07) is 0.441. The molecular weight excluding hydrogens is 252 g/mol. The lowest BCUT2D eigenvalue weighted by molar-refractivity contribution is 0.224. The van der Waals surface area contributed by atoms with Crippen LogP contribution in [0.3, 0.4) is 0 Å². The number of aryl methyl sites for hydroxylation is 1. The molecule has 2 nitrogen and oxygen atoms in total. The smallest absolute Gasteiger partial charge is 0.0962 e. The predicted molar refractivity (Wildman–Crippen MR) is 83.9 cm³/mol. The first-order valence-electron chi connectivity index (χ1n) is 7.63. The van der Waals surface area contributed by atoms with Crippen LogP contribution in [-0.2, 0) is 0 Å². The minimum atomic E-state index is 0.441. The van der Waals surface area contributed by atoms with Crippen molar-refractivity contribution < 1.29 is 0 Å². The van der Waals surface area contributed by atoms with Crippen molar-refractivity contribution in [2.45, 2.75) is 72.3 Å². The van der Waals surface area contributed by atoms with E-state index in [1.807, 2.05) is 11.3 Å². The van der Waals surface area contributed by atoms with E-state index < -0.39 is 0 Å². The van der Waals surface area contributed by atoms with Crippen molar-refractivity contribution in [2.24, 2.45) is 5.41 Å². The number of rotatable bonds is 4. The molecule has 19 heavy (non-hydrogen) atoms. The molecule has 2 rings (SSSR count). The number of nitrogens with zero attached hydrogens (tertiary/aromatic N) is 1. The average molecular weight is 280 g/mol. The first kappa shape index (κ1) is 15.0. The van der Waals surface area contributed by atoms with E-state index in [4.69, 9.17) is 4.98 Å². The van der Waals surface area contributed by atoms with Crippen LogP contribution < -0.4 is 5.32 Å². The first-order chi connectivity index (χ1) is 8.93. The molecule has 1 aliphatic carbocycles. The van der Waals surface area contributed by atoms with Gasteiger partial charge in [-0.05, 0) is 51.5 Å². The molecule has 0 spiro atoms. The summed E-state index contributed by atoms with van der Waals surface area (Å²) < 4.78 is 0. The zero-order chi connectivity index (χ0) is 14.0. The molecule has 108 valence electrons. The SMILES string of the molecule is CCNC(C)c1sc(C2CCC(C)(C)CC2)nc1C. The largest absolute Gasteiger partial charge is 0.310 e. The third-order valence-electron chi connectivity index (χ3n) is 4.44. The molecule has 0 aromatic carbocycles. The van der Waals surface area contributed by atoms with E-state index in [2.05, 4.69) is 39.9 Å². The molecule has 0 radical (unpaired) electrons. The second kappa shape index (κ2) is 5.92. The van der Waals surface area contributed by atoms with Gasteiger partial charge in [0.2, 0.25) is 0 Å². The normalized spacial score (nSPS) is 21.5. The van der Waals surface area contributed by atoms with E-state index in [0.717, 1.165) is 6.54 Å². The van der Waals surface area contributed by atoms with Crippen LogP contribution in [0.1, 0.15) is 80.9 Å². The van der Waals surface area contributed by atoms with Crippen molar-refractivity contribution in [3.05, 3.63) is 15.6 Å². The van der Waals surface area contributed by atoms with Crippen LogP contribution in [0.15, 0.2) is 0 Å². The van der Waals surface area contributed by atoms with Crippen LogP contribution in [0, 0.1) is 12.3 Å². The molecule has 1 saturated carbocycles. The van der Waals surface area contributed by atoms with Gasteiger partial charge in [0.05, 0.1) is 10.7 Å². The number of hydrogen-bond acceptors (Lipinski definition) is 3. The van der Waals surface area contributed by atoms with Gasteiger partial charge >= 0.3 is 0 Å². The van der Waals surface area contributed by atoms with Crippen LogP contribution in [0.5, 0.6) is 0 Å². The van der Waals surface area contributed by atoms with Gasteiger partial charge in [-0.1, -0.05) is 20.8 Å². The fourth-order valence-electron chi connectivity index (χ4n) is 3.05. The maximum absolute atomic E-state index is 4.86. The average Bonchev–Trinajstić information content (AvgIpc) is 2.71. The highest BCUT2D eigenvalue weighted by Gasteiger charge is 2.29. The number of thiazole rings is 1. The van der Waals surface area contributed by atoms with Gasteiger partial charge in [0.15, 0.2) is 0 Å². The summed E-state index contributed by atoms with van der Waals surface area (Å²) in [5.41, 5.74) is 1.78. The molecular formula is C16H28N2S. The lowest BCUT2D eigenvalue weighted by Gasteiger charge is -2.33. The highest BCUT2D eigenvalue weighted by Crippen LogP contribution is 2.44. The number of nitrogens with one attached hydrogen (secondary N) is 1. The Morgan fingerprint density at radius 1 is 1.37 bits per heavy atom. The van der Waals surface area contributed by atoms with Gasteiger partial charge in [-0.15, -0.1) is 11.3 Å². The van der Waals surface area contributed by atoms with Crippen LogP contribution >= 0.6 is 11.3 Å². The Balaban J connectivity index is 2.08. The zero-order valence-electron chi connectivity index (χ0n) is 13.0. The van der Waals surface area contributed by atoms with Crippen molar-refractivity contribution >= 4 is 11.3 Å². The van der Waals surface area contributed by atoms with Crippen LogP contribution in [0.2, 0.25) is 0 Å². The maximum atomic E-state index is 4.86. The van der Waals surface area contributed by atoms with Crippen molar-refractivity contribution in [3.63, 3.8) is 0 Å². The summed E-state index contributed by atoms with van der Waals surface area (Å²) in [7, 11) is 0. The predicted octanol–water partition coefficient (Wildman–Crippen LogP) is 4.81. The molecule has 0 aliphatic heterocycles. The van der Waals surface area contributed by atoms with Crippen molar-refractivity contribution in [3.8, 4) is 0 Å². The maximum Gasteiger partial charge on any atom is 0.0962 e.